The van der Waals surface area contributed by atoms with E-state index in [0.717, 1.165) is 17.5 Å². The first-order chi connectivity index (χ1) is 10.7. The average molecular weight is 307 g/mol. The van der Waals surface area contributed by atoms with Gasteiger partial charge in [0.2, 0.25) is 0 Å². The number of halogens is 1. The number of aromatic nitrogens is 2. The molecular weight excluding hydrogens is 289 g/mol. The molecule has 6 nitrogen and oxygen atoms in total. The van der Waals surface area contributed by atoms with Crippen molar-refractivity contribution in [1.82, 2.24) is 9.97 Å². The number of ether oxygens (including phenoxy) is 3. The zero-order valence-electron chi connectivity index (χ0n) is 12.3. The van der Waals surface area contributed by atoms with Gasteiger partial charge in [0.05, 0.1) is 12.8 Å². The maximum absolute atomic E-state index is 13.0. The molecule has 0 amide bonds. The van der Waals surface area contributed by atoms with Gasteiger partial charge in [0.15, 0.2) is 11.6 Å². The highest BCUT2D eigenvalue weighted by Gasteiger charge is 2.05. The quantitative estimate of drug-likeness (QED) is 0.753. The van der Waals surface area contributed by atoms with Crippen molar-refractivity contribution in [1.29, 1.82) is 0 Å². The van der Waals surface area contributed by atoms with Crippen LogP contribution < -0.4 is 15.2 Å². The van der Waals surface area contributed by atoms with Gasteiger partial charge in [-0.15, -0.1) is 0 Å². The number of anilines is 1. The van der Waals surface area contributed by atoms with Crippen LogP contribution in [0, 0.1) is 5.82 Å². The van der Waals surface area contributed by atoms with E-state index in [2.05, 4.69) is 9.97 Å². The Bertz CT molecular complexity index is 610. The third-order valence-electron chi connectivity index (χ3n) is 2.72. The lowest BCUT2D eigenvalue weighted by atomic mass is 10.2. The zero-order chi connectivity index (χ0) is 15.8. The molecular formula is C15H18FN3O3. The fourth-order valence-electron chi connectivity index (χ4n) is 1.67. The summed E-state index contributed by atoms with van der Waals surface area (Å²) < 4.78 is 29.1. The van der Waals surface area contributed by atoms with Crippen molar-refractivity contribution in [2.45, 2.75) is 13.5 Å². The molecule has 0 aliphatic heterocycles. The Labute approximate surface area is 128 Å². The highest BCUT2D eigenvalue weighted by atomic mass is 19.1. The molecule has 2 N–H and O–H groups in total. The molecule has 7 heteroatoms. The van der Waals surface area contributed by atoms with Crippen molar-refractivity contribution in [2.75, 3.05) is 25.6 Å². The van der Waals surface area contributed by atoms with Gasteiger partial charge in [-0.25, -0.2) is 9.37 Å². The maximum atomic E-state index is 13.0. The Morgan fingerprint density at radius 1 is 1.23 bits per heavy atom. The molecule has 0 unspecified atom stereocenters. The van der Waals surface area contributed by atoms with E-state index in [1.807, 2.05) is 31.2 Å². The normalized spacial score (nSPS) is 10.5. The molecule has 0 aliphatic carbocycles. The van der Waals surface area contributed by atoms with Crippen LogP contribution in [0.3, 0.4) is 0 Å². The molecule has 2 aromatic rings. The van der Waals surface area contributed by atoms with Crippen LogP contribution in [-0.4, -0.2) is 29.8 Å². The number of nitrogens with two attached hydrogens (primary N) is 1. The van der Waals surface area contributed by atoms with E-state index in [1.165, 1.54) is 0 Å². The van der Waals surface area contributed by atoms with E-state index in [4.69, 9.17) is 19.9 Å². The molecule has 0 fully saturated rings. The molecule has 22 heavy (non-hydrogen) atoms. The highest BCUT2D eigenvalue weighted by molar-refractivity contribution is 5.30. The van der Waals surface area contributed by atoms with E-state index in [0.29, 0.717) is 19.8 Å². The molecule has 0 aliphatic rings. The van der Waals surface area contributed by atoms with Crippen LogP contribution in [0.4, 0.5) is 10.2 Å². The molecule has 0 bridgehead atoms. The monoisotopic (exact) mass is 307 g/mol. The zero-order valence-corrected chi connectivity index (χ0v) is 12.3. The van der Waals surface area contributed by atoms with Crippen LogP contribution in [0.1, 0.15) is 12.5 Å². The van der Waals surface area contributed by atoms with Crippen molar-refractivity contribution in [3.8, 4) is 11.8 Å². The summed E-state index contributed by atoms with van der Waals surface area (Å²) in [6.45, 7) is 3.85. The van der Waals surface area contributed by atoms with Crippen LogP contribution >= 0.6 is 0 Å². The highest BCUT2D eigenvalue weighted by Crippen LogP contribution is 2.16. The lowest BCUT2D eigenvalue weighted by molar-refractivity contribution is 0.110. The minimum absolute atomic E-state index is 0.0292. The first-order valence-electron chi connectivity index (χ1n) is 6.89. The number of nitrogen functional groups attached to an aromatic ring is 1. The second-order valence-corrected chi connectivity index (χ2v) is 4.37. The van der Waals surface area contributed by atoms with Crippen LogP contribution in [0.25, 0.3) is 0 Å². The molecule has 0 radical (unpaired) electrons. The fourth-order valence-corrected chi connectivity index (χ4v) is 1.67. The molecule has 1 heterocycles. The number of benzene rings is 1. The Morgan fingerprint density at radius 2 is 2.09 bits per heavy atom. The minimum Gasteiger partial charge on any atom is -0.491 e. The Morgan fingerprint density at radius 3 is 2.86 bits per heavy atom. The van der Waals surface area contributed by atoms with Gasteiger partial charge in [-0.3, -0.25) is 0 Å². The van der Waals surface area contributed by atoms with E-state index in [-0.39, 0.29) is 18.4 Å². The Balaban J connectivity index is 1.88. The first kappa shape index (κ1) is 16.0. The second-order valence-electron chi connectivity index (χ2n) is 4.37. The fraction of sp³-hybridized carbons (Fsp3) is 0.333. The molecule has 0 saturated carbocycles. The van der Waals surface area contributed by atoms with E-state index < -0.39 is 5.82 Å². The lowest BCUT2D eigenvalue weighted by Crippen LogP contribution is -2.07. The molecule has 0 spiro atoms. The molecule has 0 saturated heterocycles. The number of hydrogen-bond donors (Lipinski definition) is 1. The average Bonchev–Trinajstić information content (AvgIpc) is 2.53. The largest absolute Gasteiger partial charge is 0.491 e. The molecule has 1 aromatic carbocycles. The van der Waals surface area contributed by atoms with Crippen LogP contribution in [0.5, 0.6) is 11.8 Å². The number of hydrogen-bond acceptors (Lipinski definition) is 6. The van der Waals surface area contributed by atoms with Crippen molar-refractivity contribution in [3.63, 3.8) is 0 Å². The number of rotatable bonds is 8. The molecule has 1 aromatic heterocycles. The third-order valence-corrected chi connectivity index (χ3v) is 2.72. The summed E-state index contributed by atoms with van der Waals surface area (Å²) in [5.41, 5.74) is 6.23. The predicted molar refractivity (Wildman–Crippen MR) is 79.2 cm³/mol. The molecule has 118 valence electrons. The predicted octanol–water partition coefficient (Wildman–Crippen LogP) is 2.19. The van der Waals surface area contributed by atoms with Gasteiger partial charge in [0.25, 0.3) is 0 Å². The standard InChI is InChI=1S/C15H18FN3O3/c1-2-20-6-7-21-12-5-3-4-11(8-12)10-22-15-18-9-13(16)14(17)19-15/h3-5,8-9H,2,6-7,10H2,1H3,(H2,17,18,19). The van der Waals surface area contributed by atoms with Crippen molar-refractivity contribution in [2.24, 2.45) is 0 Å². The van der Waals surface area contributed by atoms with Gasteiger partial charge in [-0.2, -0.15) is 4.98 Å². The summed E-state index contributed by atoms with van der Waals surface area (Å²) in [5, 5.41) is 0. The Kier molecular flexibility index (Phi) is 5.91. The van der Waals surface area contributed by atoms with Gasteiger partial charge in [-0.05, 0) is 24.6 Å². The van der Waals surface area contributed by atoms with Crippen molar-refractivity contribution in [3.05, 3.63) is 41.8 Å². The molecule has 0 atom stereocenters. The van der Waals surface area contributed by atoms with E-state index in [1.54, 1.807) is 0 Å². The van der Waals surface area contributed by atoms with Gasteiger partial charge in [0.1, 0.15) is 19.0 Å². The van der Waals surface area contributed by atoms with Crippen LogP contribution in [-0.2, 0) is 11.3 Å². The second kappa shape index (κ2) is 8.14. The first-order valence-corrected chi connectivity index (χ1v) is 6.89. The minimum atomic E-state index is -0.669. The van der Waals surface area contributed by atoms with Crippen LogP contribution in [0.15, 0.2) is 30.5 Å². The van der Waals surface area contributed by atoms with Gasteiger partial charge in [-0.1, -0.05) is 12.1 Å². The van der Waals surface area contributed by atoms with Crippen molar-refractivity contribution < 1.29 is 18.6 Å². The summed E-state index contributed by atoms with van der Waals surface area (Å²) in [6.07, 6.45) is 0.977. The van der Waals surface area contributed by atoms with Gasteiger partial charge < -0.3 is 19.9 Å². The summed E-state index contributed by atoms with van der Waals surface area (Å²) in [5.74, 6) is -0.185. The van der Waals surface area contributed by atoms with Crippen LogP contribution in [0.2, 0.25) is 0 Å². The summed E-state index contributed by atoms with van der Waals surface area (Å²) >= 11 is 0. The number of nitrogens with zero attached hydrogens (tertiary/aromatic N) is 2. The smallest absolute Gasteiger partial charge is 0.318 e. The summed E-state index contributed by atoms with van der Waals surface area (Å²) in [7, 11) is 0. The maximum Gasteiger partial charge on any atom is 0.318 e. The Hall–Kier alpha value is -2.41. The molecule has 2 rings (SSSR count). The summed E-state index contributed by atoms with van der Waals surface area (Å²) in [4.78, 5) is 7.41. The van der Waals surface area contributed by atoms with E-state index in [9.17, 15) is 4.39 Å². The SMILES string of the molecule is CCOCCOc1cccc(COc2ncc(F)c(N)n2)c1. The van der Waals surface area contributed by atoms with Gasteiger partial charge in [0, 0.05) is 6.61 Å². The topological polar surface area (TPSA) is 79.5 Å². The third kappa shape index (κ3) is 4.85. The summed E-state index contributed by atoms with van der Waals surface area (Å²) in [6, 6.07) is 7.46. The van der Waals surface area contributed by atoms with Crippen molar-refractivity contribution >= 4 is 5.82 Å². The lowest BCUT2D eigenvalue weighted by Gasteiger charge is -2.09. The van der Waals surface area contributed by atoms with E-state index >= 15 is 0 Å². The van der Waals surface area contributed by atoms with Gasteiger partial charge >= 0.3 is 6.01 Å².